The smallest absolute Gasteiger partial charge is 0.274 e. The number of rotatable bonds is 4. The molecular weight excluding hydrogens is 362 g/mol. The highest BCUT2D eigenvalue weighted by Crippen LogP contribution is 2.31. The van der Waals surface area contributed by atoms with Crippen molar-refractivity contribution in [3.05, 3.63) is 32.3 Å². The van der Waals surface area contributed by atoms with Crippen LogP contribution < -0.4 is 5.32 Å². The number of sulfonamides is 1. The van der Waals surface area contributed by atoms with Crippen molar-refractivity contribution in [3.63, 3.8) is 0 Å². The van der Waals surface area contributed by atoms with Gasteiger partial charge in [-0.05, 0) is 26.0 Å². The molecule has 1 saturated heterocycles. The van der Waals surface area contributed by atoms with Crippen molar-refractivity contribution in [1.29, 1.82) is 0 Å². The van der Waals surface area contributed by atoms with Crippen LogP contribution in [0.5, 0.6) is 0 Å². The summed E-state index contributed by atoms with van der Waals surface area (Å²) in [5.74, 6) is 0. The van der Waals surface area contributed by atoms with E-state index in [1.807, 2.05) is 0 Å². The van der Waals surface area contributed by atoms with E-state index in [9.17, 15) is 18.5 Å². The SMILES string of the molecule is Cc1c(Br)cc(S(=O)(=O)N(C)C2CCNC2)cc1[N+](=O)[O-]. The second-order valence-electron chi connectivity index (χ2n) is 4.97. The molecule has 0 aliphatic carbocycles. The van der Waals surface area contributed by atoms with E-state index in [0.717, 1.165) is 19.0 Å². The summed E-state index contributed by atoms with van der Waals surface area (Å²) in [6.07, 6.45) is 0.727. The zero-order valence-corrected chi connectivity index (χ0v) is 14.1. The third-order valence-electron chi connectivity index (χ3n) is 3.71. The number of nitrogens with zero attached hydrogens (tertiary/aromatic N) is 2. The molecule has 1 fully saturated rings. The normalized spacial score (nSPS) is 19.1. The summed E-state index contributed by atoms with van der Waals surface area (Å²) < 4.78 is 26.9. The molecule has 0 amide bonds. The lowest BCUT2D eigenvalue weighted by Gasteiger charge is -2.23. The minimum Gasteiger partial charge on any atom is -0.315 e. The Morgan fingerprint density at radius 2 is 2.14 bits per heavy atom. The molecule has 116 valence electrons. The molecule has 21 heavy (non-hydrogen) atoms. The van der Waals surface area contributed by atoms with Gasteiger partial charge in [0.15, 0.2) is 0 Å². The van der Waals surface area contributed by atoms with Gasteiger partial charge in [-0.3, -0.25) is 10.1 Å². The highest BCUT2D eigenvalue weighted by atomic mass is 79.9. The minimum absolute atomic E-state index is 0.0684. The Morgan fingerprint density at radius 1 is 1.48 bits per heavy atom. The third-order valence-corrected chi connectivity index (χ3v) is 6.42. The average molecular weight is 378 g/mol. The van der Waals surface area contributed by atoms with E-state index in [-0.39, 0.29) is 16.6 Å². The molecule has 0 bridgehead atoms. The van der Waals surface area contributed by atoms with Crippen molar-refractivity contribution in [2.24, 2.45) is 0 Å². The number of nitrogens with one attached hydrogen (secondary N) is 1. The number of likely N-dealkylation sites (N-methyl/N-ethyl adjacent to an activating group) is 1. The Balaban J connectivity index is 2.47. The molecule has 1 atom stereocenters. The number of nitro groups is 1. The molecule has 1 N–H and O–H groups in total. The molecule has 7 nitrogen and oxygen atoms in total. The molecule has 0 radical (unpaired) electrons. The zero-order valence-electron chi connectivity index (χ0n) is 11.7. The molecule has 1 aliphatic rings. The van der Waals surface area contributed by atoms with E-state index in [4.69, 9.17) is 0 Å². The third kappa shape index (κ3) is 3.10. The number of nitro benzene ring substituents is 1. The molecular formula is C12H16BrN3O4S. The number of hydrogen-bond donors (Lipinski definition) is 1. The van der Waals surface area contributed by atoms with E-state index < -0.39 is 14.9 Å². The Morgan fingerprint density at radius 3 is 2.67 bits per heavy atom. The second kappa shape index (κ2) is 5.99. The fourth-order valence-electron chi connectivity index (χ4n) is 2.29. The summed E-state index contributed by atoms with van der Waals surface area (Å²) in [6.45, 7) is 2.93. The van der Waals surface area contributed by atoms with Crippen LogP contribution in [-0.4, -0.2) is 43.8 Å². The first-order valence-electron chi connectivity index (χ1n) is 6.38. The van der Waals surface area contributed by atoms with Crippen LogP contribution in [0.3, 0.4) is 0 Å². The van der Waals surface area contributed by atoms with Gasteiger partial charge in [0, 0.05) is 35.7 Å². The van der Waals surface area contributed by atoms with Gasteiger partial charge in [-0.1, -0.05) is 15.9 Å². The van der Waals surface area contributed by atoms with Crippen molar-refractivity contribution in [2.45, 2.75) is 24.3 Å². The van der Waals surface area contributed by atoms with Crippen LogP contribution in [0.1, 0.15) is 12.0 Å². The lowest BCUT2D eigenvalue weighted by atomic mass is 10.2. The standard InChI is InChI=1S/C12H16BrN3O4S/c1-8-11(13)5-10(6-12(8)16(17)18)21(19,20)15(2)9-3-4-14-7-9/h5-6,9,14H,3-4,7H2,1-2H3. The van der Waals surface area contributed by atoms with Gasteiger partial charge in [0.1, 0.15) is 0 Å². The highest BCUT2D eigenvalue weighted by Gasteiger charge is 2.31. The molecule has 9 heteroatoms. The Hall–Kier alpha value is -1.03. The van der Waals surface area contributed by atoms with E-state index in [0.29, 0.717) is 16.6 Å². The average Bonchev–Trinajstić information content (AvgIpc) is 2.94. The summed E-state index contributed by atoms with van der Waals surface area (Å²) in [6, 6.07) is 2.40. The second-order valence-corrected chi connectivity index (χ2v) is 7.83. The maximum Gasteiger partial charge on any atom is 0.274 e. The predicted molar refractivity (Wildman–Crippen MR) is 81.8 cm³/mol. The Bertz CT molecular complexity index is 671. The van der Waals surface area contributed by atoms with E-state index >= 15 is 0 Å². The number of halogens is 1. The lowest BCUT2D eigenvalue weighted by Crippen LogP contribution is -2.38. The Kier molecular flexibility index (Phi) is 4.66. The maximum absolute atomic E-state index is 12.6. The maximum atomic E-state index is 12.6. The summed E-state index contributed by atoms with van der Waals surface area (Å²) in [5, 5.41) is 14.1. The molecule has 1 aromatic carbocycles. The van der Waals surface area contributed by atoms with E-state index in [2.05, 4.69) is 21.2 Å². The van der Waals surface area contributed by atoms with Crippen LogP contribution in [0.4, 0.5) is 5.69 Å². The van der Waals surface area contributed by atoms with Crippen LogP contribution in [0, 0.1) is 17.0 Å². The fourth-order valence-corrected chi connectivity index (χ4v) is 4.32. The summed E-state index contributed by atoms with van der Waals surface area (Å²) in [5.41, 5.74) is 0.199. The molecule has 1 aliphatic heterocycles. The number of benzene rings is 1. The van der Waals surface area contributed by atoms with Crippen molar-refractivity contribution < 1.29 is 13.3 Å². The van der Waals surface area contributed by atoms with Crippen molar-refractivity contribution in [2.75, 3.05) is 20.1 Å². The molecule has 1 unspecified atom stereocenters. The predicted octanol–water partition coefficient (Wildman–Crippen LogP) is 1.65. The van der Waals surface area contributed by atoms with Gasteiger partial charge in [-0.25, -0.2) is 8.42 Å². The lowest BCUT2D eigenvalue weighted by molar-refractivity contribution is -0.385. The molecule has 2 rings (SSSR count). The van der Waals surface area contributed by atoms with Gasteiger partial charge in [-0.2, -0.15) is 4.31 Å². The quantitative estimate of drug-likeness (QED) is 0.635. The minimum atomic E-state index is -3.76. The Labute approximate surface area is 131 Å². The first-order chi connectivity index (χ1) is 9.75. The van der Waals surface area contributed by atoms with Gasteiger partial charge in [0.25, 0.3) is 5.69 Å². The van der Waals surface area contributed by atoms with Gasteiger partial charge in [0.2, 0.25) is 10.0 Å². The van der Waals surface area contributed by atoms with Crippen LogP contribution >= 0.6 is 15.9 Å². The topological polar surface area (TPSA) is 92.6 Å². The van der Waals surface area contributed by atoms with E-state index in [1.165, 1.54) is 17.4 Å². The molecule has 0 spiro atoms. The first kappa shape index (κ1) is 16.3. The zero-order chi connectivity index (χ0) is 15.8. The van der Waals surface area contributed by atoms with Crippen LogP contribution in [0.15, 0.2) is 21.5 Å². The van der Waals surface area contributed by atoms with Crippen molar-refractivity contribution >= 4 is 31.6 Å². The van der Waals surface area contributed by atoms with Crippen LogP contribution in [-0.2, 0) is 10.0 Å². The molecule has 0 aromatic heterocycles. The monoisotopic (exact) mass is 377 g/mol. The molecule has 1 aromatic rings. The molecule has 1 heterocycles. The largest absolute Gasteiger partial charge is 0.315 e. The highest BCUT2D eigenvalue weighted by molar-refractivity contribution is 9.10. The van der Waals surface area contributed by atoms with Gasteiger partial charge in [-0.15, -0.1) is 0 Å². The van der Waals surface area contributed by atoms with Crippen LogP contribution in [0.25, 0.3) is 0 Å². The fraction of sp³-hybridized carbons (Fsp3) is 0.500. The van der Waals surface area contributed by atoms with Crippen molar-refractivity contribution in [1.82, 2.24) is 9.62 Å². The first-order valence-corrected chi connectivity index (χ1v) is 8.61. The van der Waals surface area contributed by atoms with E-state index in [1.54, 1.807) is 6.92 Å². The van der Waals surface area contributed by atoms with Gasteiger partial charge < -0.3 is 5.32 Å². The molecule has 0 saturated carbocycles. The number of hydrogen-bond acceptors (Lipinski definition) is 5. The summed E-state index contributed by atoms with van der Waals surface area (Å²) >= 11 is 3.19. The summed E-state index contributed by atoms with van der Waals surface area (Å²) in [7, 11) is -2.25. The van der Waals surface area contributed by atoms with Crippen molar-refractivity contribution in [3.8, 4) is 0 Å². The van der Waals surface area contributed by atoms with Gasteiger partial charge in [0.05, 0.1) is 9.82 Å². The van der Waals surface area contributed by atoms with Crippen LogP contribution in [0.2, 0.25) is 0 Å². The summed E-state index contributed by atoms with van der Waals surface area (Å²) in [4.78, 5) is 10.4. The van der Waals surface area contributed by atoms with Gasteiger partial charge >= 0.3 is 0 Å².